The maximum absolute atomic E-state index is 13.2. The summed E-state index contributed by atoms with van der Waals surface area (Å²) >= 11 is 1.82. The van der Waals surface area contributed by atoms with Gasteiger partial charge in [-0.2, -0.15) is 4.98 Å². The normalized spacial score (nSPS) is 18.2. The molecule has 4 rings (SSSR count). The average molecular weight is 397 g/mol. The molecular formula is C21H24N4O2S. The van der Waals surface area contributed by atoms with Crippen LogP contribution in [0.2, 0.25) is 0 Å². The lowest BCUT2D eigenvalue weighted by molar-refractivity contribution is 0.0631. The van der Waals surface area contributed by atoms with E-state index in [1.165, 1.54) is 9.75 Å². The average Bonchev–Trinajstić information content (AvgIpc) is 3.25. The van der Waals surface area contributed by atoms with Crippen molar-refractivity contribution in [2.45, 2.75) is 32.9 Å². The number of aryl methyl sites for hydroxylation is 2. The molecule has 1 amide bonds. The van der Waals surface area contributed by atoms with Crippen LogP contribution in [-0.4, -0.2) is 45.5 Å². The number of aromatic nitrogens is 2. The summed E-state index contributed by atoms with van der Waals surface area (Å²) in [4.78, 5) is 24.6. The monoisotopic (exact) mass is 396 g/mol. The smallest absolute Gasteiger partial charge is 0.254 e. The summed E-state index contributed by atoms with van der Waals surface area (Å²) in [5.41, 5.74) is 0.686. The number of carbonyl (C=O) groups is 1. The van der Waals surface area contributed by atoms with Gasteiger partial charge in [0.2, 0.25) is 0 Å². The number of hydrogen-bond donors (Lipinski definition) is 0. The van der Waals surface area contributed by atoms with Crippen molar-refractivity contribution in [3.8, 4) is 0 Å². The minimum absolute atomic E-state index is 0.00951. The van der Waals surface area contributed by atoms with Crippen molar-refractivity contribution in [2.75, 3.05) is 19.6 Å². The summed E-state index contributed by atoms with van der Waals surface area (Å²) in [6.45, 7) is 7.08. The molecule has 146 valence electrons. The van der Waals surface area contributed by atoms with Gasteiger partial charge in [-0.1, -0.05) is 23.4 Å². The van der Waals surface area contributed by atoms with Gasteiger partial charge < -0.3 is 9.42 Å². The molecule has 3 heterocycles. The summed E-state index contributed by atoms with van der Waals surface area (Å²) < 4.78 is 5.50. The van der Waals surface area contributed by atoms with E-state index in [4.69, 9.17) is 4.52 Å². The molecule has 1 fully saturated rings. The molecule has 1 aliphatic heterocycles. The summed E-state index contributed by atoms with van der Waals surface area (Å²) in [6.07, 6.45) is 0.909. The van der Waals surface area contributed by atoms with Crippen LogP contribution in [0, 0.1) is 13.8 Å². The van der Waals surface area contributed by atoms with Crippen LogP contribution >= 0.6 is 11.3 Å². The lowest BCUT2D eigenvalue weighted by atomic mass is 10.1. The standard InChI is InChI=1S/C21H24N4O2S/c1-15-9-10-18(28-15)13-24-11-6-12-25(21(26)17-7-4-3-5-8-17)19(14-24)20-22-16(2)23-27-20/h3-5,7-10,19H,6,11-14H2,1-2H3. The highest BCUT2D eigenvalue weighted by Crippen LogP contribution is 2.27. The third kappa shape index (κ3) is 4.15. The van der Waals surface area contributed by atoms with E-state index in [0.717, 1.165) is 19.5 Å². The number of rotatable bonds is 4. The van der Waals surface area contributed by atoms with Gasteiger partial charge in [0.15, 0.2) is 5.82 Å². The van der Waals surface area contributed by atoms with Crippen molar-refractivity contribution in [3.63, 3.8) is 0 Å². The topological polar surface area (TPSA) is 62.5 Å². The summed E-state index contributed by atoms with van der Waals surface area (Å²) in [5, 5.41) is 3.96. The minimum atomic E-state index is -0.252. The van der Waals surface area contributed by atoms with Gasteiger partial charge in [0.1, 0.15) is 6.04 Å². The van der Waals surface area contributed by atoms with Gasteiger partial charge >= 0.3 is 0 Å². The minimum Gasteiger partial charge on any atom is -0.337 e. The van der Waals surface area contributed by atoms with E-state index >= 15 is 0 Å². The Hall–Kier alpha value is -2.51. The fourth-order valence-electron chi connectivity index (χ4n) is 3.64. The van der Waals surface area contributed by atoms with Gasteiger partial charge in [0.25, 0.3) is 11.8 Å². The van der Waals surface area contributed by atoms with E-state index in [1.54, 1.807) is 6.92 Å². The van der Waals surface area contributed by atoms with Gasteiger partial charge in [-0.3, -0.25) is 9.69 Å². The summed E-state index contributed by atoms with van der Waals surface area (Å²) in [7, 11) is 0. The van der Waals surface area contributed by atoms with Crippen LogP contribution in [0.4, 0.5) is 0 Å². The molecule has 1 aromatic carbocycles. The van der Waals surface area contributed by atoms with Crippen molar-refractivity contribution in [3.05, 3.63) is 69.5 Å². The second-order valence-electron chi connectivity index (χ2n) is 7.16. The molecule has 1 aliphatic rings. The first-order valence-corrected chi connectivity index (χ1v) is 10.4. The molecule has 0 saturated carbocycles. The highest BCUT2D eigenvalue weighted by atomic mass is 32.1. The summed E-state index contributed by atoms with van der Waals surface area (Å²) in [6, 6.07) is 13.5. The largest absolute Gasteiger partial charge is 0.337 e. The second-order valence-corrected chi connectivity index (χ2v) is 8.53. The molecule has 0 N–H and O–H groups in total. The van der Waals surface area contributed by atoms with E-state index in [0.29, 0.717) is 30.4 Å². The van der Waals surface area contributed by atoms with Crippen molar-refractivity contribution in [2.24, 2.45) is 0 Å². The van der Waals surface area contributed by atoms with Crippen molar-refractivity contribution in [1.82, 2.24) is 19.9 Å². The molecule has 0 aliphatic carbocycles. The molecule has 1 saturated heterocycles. The highest BCUT2D eigenvalue weighted by molar-refractivity contribution is 7.11. The lowest BCUT2D eigenvalue weighted by Gasteiger charge is -2.29. The predicted octanol–water partition coefficient (Wildman–Crippen LogP) is 3.84. The Morgan fingerprint density at radius 1 is 1.18 bits per heavy atom. The van der Waals surface area contributed by atoms with Crippen LogP contribution in [0.3, 0.4) is 0 Å². The van der Waals surface area contributed by atoms with E-state index in [2.05, 4.69) is 34.1 Å². The van der Waals surface area contributed by atoms with Crippen molar-refractivity contribution < 1.29 is 9.32 Å². The van der Waals surface area contributed by atoms with Crippen LogP contribution < -0.4 is 0 Å². The fraction of sp³-hybridized carbons (Fsp3) is 0.381. The number of carbonyl (C=O) groups excluding carboxylic acids is 1. The zero-order valence-corrected chi connectivity index (χ0v) is 17.0. The van der Waals surface area contributed by atoms with E-state index in [-0.39, 0.29) is 11.9 Å². The molecule has 2 aromatic heterocycles. The fourth-order valence-corrected chi connectivity index (χ4v) is 4.57. The van der Waals surface area contributed by atoms with Gasteiger partial charge in [0.05, 0.1) is 0 Å². The number of amides is 1. The molecule has 0 radical (unpaired) electrons. The van der Waals surface area contributed by atoms with Crippen LogP contribution in [0.25, 0.3) is 0 Å². The first kappa shape index (κ1) is 18.8. The van der Waals surface area contributed by atoms with Crippen LogP contribution in [-0.2, 0) is 6.54 Å². The quantitative estimate of drug-likeness (QED) is 0.671. The first-order valence-electron chi connectivity index (χ1n) is 9.54. The Bertz CT molecular complexity index is 937. The Balaban J connectivity index is 1.61. The molecule has 7 heteroatoms. The van der Waals surface area contributed by atoms with Crippen molar-refractivity contribution in [1.29, 1.82) is 0 Å². The number of thiophene rings is 1. The van der Waals surface area contributed by atoms with Crippen molar-refractivity contribution >= 4 is 17.2 Å². The van der Waals surface area contributed by atoms with E-state index < -0.39 is 0 Å². The van der Waals surface area contributed by atoms with Gasteiger partial charge in [-0.15, -0.1) is 11.3 Å². The Morgan fingerprint density at radius 2 is 2.00 bits per heavy atom. The Labute approximate surface area is 168 Å². The van der Waals surface area contributed by atoms with Gasteiger partial charge in [-0.05, 0) is 44.5 Å². The third-order valence-corrected chi connectivity index (χ3v) is 5.95. The number of hydrogen-bond acceptors (Lipinski definition) is 6. The third-order valence-electron chi connectivity index (χ3n) is 4.97. The molecule has 3 aromatic rings. The van der Waals surface area contributed by atoms with Crippen LogP contribution in [0.5, 0.6) is 0 Å². The zero-order valence-electron chi connectivity index (χ0n) is 16.2. The number of benzene rings is 1. The van der Waals surface area contributed by atoms with E-state index in [1.807, 2.05) is 46.6 Å². The molecule has 1 atom stereocenters. The maximum atomic E-state index is 13.2. The Morgan fingerprint density at radius 3 is 2.68 bits per heavy atom. The van der Waals surface area contributed by atoms with Gasteiger partial charge in [0, 0.05) is 41.5 Å². The number of nitrogens with zero attached hydrogens (tertiary/aromatic N) is 4. The van der Waals surface area contributed by atoms with Crippen LogP contribution in [0.15, 0.2) is 47.0 Å². The summed E-state index contributed by atoms with van der Waals surface area (Å²) in [5.74, 6) is 1.11. The molecule has 0 bridgehead atoms. The second kappa shape index (κ2) is 8.24. The molecule has 1 unspecified atom stereocenters. The van der Waals surface area contributed by atoms with Gasteiger partial charge in [-0.25, -0.2) is 0 Å². The highest BCUT2D eigenvalue weighted by Gasteiger charge is 2.34. The predicted molar refractivity (Wildman–Crippen MR) is 108 cm³/mol. The SMILES string of the molecule is Cc1noc(C2CN(Cc3ccc(C)s3)CCCN2C(=O)c2ccccc2)n1. The first-order chi connectivity index (χ1) is 13.6. The van der Waals surface area contributed by atoms with Crippen LogP contribution in [0.1, 0.15) is 44.3 Å². The zero-order chi connectivity index (χ0) is 19.5. The maximum Gasteiger partial charge on any atom is 0.254 e. The Kier molecular flexibility index (Phi) is 5.54. The lowest BCUT2D eigenvalue weighted by Crippen LogP contribution is -2.38. The molecule has 0 spiro atoms. The molecule has 6 nitrogen and oxygen atoms in total. The molecular weight excluding hydrogens is 372 g/mol. The molecule has 28 heavy (non-hydrogen) atoms. The van der Waals surface area contributed by atoms with E-state index in [9.17, 15) is 4.79 Å².